The van der Waals surface area contributed by atoms with Gasteiger partial charge < -0.3 is 29.5 Å². The van der Waals surface area contributed by atoms with E-state index in [1.165, 1.54) is 23.5 Å². The molecule has 16 heteroatoms. The molecule has 0 saturated carbocycles. The SMILES string of the molecule is CCOC(=O)N1CCN(c2nnc(CC(=O)c3ccc(OC(F)(F)F)c(NC(=O)CN4CCN(C)CC4)c3)s2)CC1. The van der Waals surface area contributed by atoms with Crippen molar-refractivity contribution in [3.8, 4) is 5.75 Å². The molecule has 2 amide bonds. The predicted molar refractivity (Wildman–Crippen MR) is 144 cm³/mol. The topological polar surface area (TPSA) is 120 Å². The van der Waals surface area contributed by atoms with Gasteiger partial charge in [-0.3, -0.25) is 14.5 Å². The Hall–Kier alpha value is -3.50. The van der Waals surface area contributed by atoms with Crippen LogP contribution in [0.5, 0.6) is 5.75 Å². The first-order chi connectivity index (χ1) is 19.5. The summed E-state index contributed by atoms with van der Waals surface area (Å²) in [7, 11) is 1.97. The van der Waals surface area contributed by atoms with Crippen LogP contribution < -0.4 is 15.0 Å². The Bertz CT molecular complexity index is 1230. The number of benzene rings is 1. The number of alkyl halides is 3. The van der Waals surface area contributed by atoms with E-state index >= 15 is 0 Å². The third-order valence-electron chi connectivity index (χ3n) is 6.61. The number of ether oxygens (including phenoxy) is 2. The number of halogens is 3. The van der Waals surface area contributed by atoms with Gasteiger partial charge >= 0.3 is 12.5 Å². The van der Waals surface area contributed by atoms with Crippen LogP contribution in [0, 0.1) is 0 Å². The van der Waals surface area contributed by atoms with E-state index in [-0.39, 0.29) is 30.3 Å². The molecule has 1 aromatic heterocycles. The van der Waals surface area contributed by atoms with Crippen LogP contribution in [-0.2, 0) is 16.0 Å². The second kappa shape index (κ2) is 13.4. The Morgan fingerprint density at radius 1 is 1.02 bits per heavy atom. The van der Waals surface area contributed by atoms with Crippen molar-refractivity contribution in [1.29, 1.82) is 0 Å². The first kappa shape index (κ1) is 30.5. The van der Waals surface area contributed by atoms with E-state index in [0.29, 0.717) is 56.0 Å². The van der Waals surface area contributed by atoms with E-state index in [0.717, 1.165) is 19.2 Å². The minimum absolute atomic E-state index is 0.000911. The molecule has 0 unspecified atom stereocenters. The van der Waals surface area contributed by atoms with Crippen LogP contribution in [0.25, 0.3) is 0 Å². The van der Waals surface area contributed by atoms with Crippen LogP contribution in [0.4, 0.5) is 28.8 Å². The normalized spacial score (nSPS) is 16.9. The fraction of sp³-hybridized carbons (Fsp3) is 0.560. The molecule has 12 nitrogen and oxygen atoms in total. The fourth-order valence-corrected chi connectivity index (χ4v) is 5.28. The van der Waals surface area contributed by atoms with Gasteiger partial charge in [-0.15, -0.1) is 23.4 Å². The number of carbonyl (C=O) groups is 3. The van der Waals surface area contributed by atoms with E-state index < -0.39 is 23.8 Å². The standard InChI is InChI=1S/C25H32F3N7O5S/c1-3-39-24(38)35-12-10-34(11-13-35)23-31-30-22(41-23)15-19(36)17-4-5-20(40-25(26,27)28)18(14-17)29-21(37)16-33-8-6-32(2)7-9-33/h4-5,14H,3,6-13,15-16H2,1-2H3,(H,29,37). The zero-order chi connectivity index (χ0) is 29.6. The lowest BCUT2D eigenvalue weighted by Crippen LogP contribution is -2.49. The number of piperazine rings is 2. The quantitative estimate of drug-likeness (QED) is 0.430. The number of carbonyl (C=O) groups excluding carboxylic acids is 3. The van der Waals surface area contributed by atoms with E-state index in [9.17, 15) is 27.6 Å². The van der Waals surface area contributed by atoms with Crippen LogP contribution in [-0.4, -0.2) is 122 Å². The van der Waals surface area contributed by atoms with E-state index in [1.54, 1.807) is 11.8 Å². The highest BCUT2D eigenvalue weighted by molar-refractivity contribution is 7.15. The summed E-state index contributed by atoms with van der Waals surface area (Å²) < 4.78 is 48.1. The summed E-state index contributed by atoms with van der Waals surface area (Å²) in [6.07, 6.45) is -5.47. The van der Waals surface area contributed by atoms with Crippen molar-refractivity contribution in [1.82, 2.24) is 24.9 Å². The van der Waals surface area contributed by atoms with E-state index in [4.69, 9.17) is 4.74 Å². The molecule has 2 fully saturated rings. The van der Waals surface area contributed by atoms with Crippen molar-refractivity contribution in [2.45, 2.75) is 19.7 Å². The highest BCUT2D eigenvalue weighted by atomic mass is 32.1. The molecule has 1 N–H and O–H groups in total. The lowest BCUT2D eigenvalue weighted by atomic mass is 10.1. The van der Waals surface area contributed by atoms with Gasteiger partial charge in [0.2, 0.25) is 11.0 Å². The lowest BCUT2D eigenvalue weighted by molar-refractivity contribution is -0.274. The molecule has 0 aliphatic carbocycles. The van der Waals surface area contributed by atoms with Gasteiger partial charge in [-0.1, -0.05) is 11.3 Å². The van der Waals surface area contributed by atoms with Gasteiger partial charge in [0.1, 0.15) is 5.01 Å². The number of nitrogens with one attached hydrogen (secondary N) is 1. The highest BCUT2D eigenvalue weighted by Crippen LogP contribution is 2.32. The molecular weight excluding hydrogens is 567 g/mol. The summed E-state index contributed by atoms with van der Waals surface area (Å²) in [6.45, 7) is 6.87. The van der Waals surface area contributed by atoms with Crippen molar-refractivity contribution in [3.63, 3.8) is 0 Å². The average molecular weight is 600 g/mol. The number of anilines is 2. The average Bonchev–Trinajstić information content (AvgIpc) is 3.39. The van der Waals surface area contributed by atoms with Gasteiger partial charge in [0.15, 0.2) is 11.5 Å². The smallest absolute Gasteiger partial charge is 0.450 e. The van der Waals surface area contributed by atoms with Crippen molar-refractivity contribution >= 4 is 39.9 Å². The maximum Gasteiger partial charge on any atom is 0.573 e. The van der Waals surface area contributed by atoms with Crippen molar-refractivity contribution in [2.24, 2.45) is 0 Å². The van der Waals surface area contributed by atoms with Crippen LogP contribution in [0.1, 0.15) is 22.3 Å². The molecule has 2 aliphatic heterocycles. The molecule has 0 radical (unpaired) electrons. The molecule has 2 aromatic rings. The molecule has 0 bridgehead atoms. The number of hydrogen-bond acceptors (Lipinski definition) is 11. The Morgan fingerprint density at radius 2 is 1.73 bits per heavy atom. The molecule has 3 heterocycles. The Kier molecular flexibility index (Phi) is 9.99. The first-order valence-electron chi connectivity index (χ1n) is 13.1. The Balaban J connectivity index is 1.40. The predicted octanol–water partition coefficient (Wildman–Crippen LogP) is 2.33. The second-order valence-corrected chi connectivity index (χ2v) is 10.7. The lowest BCUT2D eigenvalue weighted by Gasteiger charge is -2.33. The third kappa shape index (κ3) is 8.74. The summed E-state index contributed by atoms with van der Waals surface area (Å²) in [6, 6.07) is 3.42. The molecule has 2 aliphatic rings. The minimum Gasteiger partial charge on any atom is -0.450 e. The summed E-state index contributed by atoms with van der Waals surface area (Å²) >= 11 is 1.22. The maximum absolute atomic E-state index is 13.0. The minimum atomic E-state index is -4.98. The molecule has 4 rings (SSSR count). The number of Topliss-reactive ketones (excluding diaryl/α,β-unsaturated/α-hetero) is 1. The maximum atomic E-state index is 13.0. The summed E-state index contributed by atoms with van der Waals surface area (Å²) in [4.78, 5) is 45.2. The van der Waals surface area contributed by atoms with Gasteiger partial charge in [0.05, 0.1) is 25.3 Å². The van der Waals surface area contributed by atoms with Gasteiger partial charge in [-0.05, 0) is 32.2 Å². The highest BCUT2D eigenvalue weighted by Gasteiger charge is 2.33. The molecule has 1 aromatic carbocycles. The van der Waals surface area contributed by atoms with Crippen molar-refractivity contribution in [2.75, 3.05) is 82.8 Å². The molecule has 224 valence electrons. The summed E-state index contributed by atoms with van der Waals surface area (Å²) in [5.41, 5.74) is -0.154. The number of nitrogens with zero attached hydrogens (tertiary/aromatic N) is 6. The van der Waals surface area contributed by atoms with Crippen molar-refractivity contribution < 1.29 is 37.0 Å². The van der Waals surface area contributed by atoms with Gasteiger partial charge in [0, 0.05) is 57.9 Å². The number of ketones is 1. The van der Waals surface area contributed by atoms with Gasteiger partial charge in [-0.2, -0.15) is 0 Å². The second-order valence-electron chi connectivity index (χ2n) is 9.64. The van der Waals surface area contributed by atoms with Crippen molar-refractivity contribution in [3.05, 3.63) is 28.8 Å². The summed E-state index contributed by atoms with van der Waals surface area (Å²) in [5, 5.41) is 11.8. The molecule has 0 spiro atoms. The monoisotopic (exact) mass is 599 g/mol. The van der Waals surface area contributed by atoms with E-state index in [2.05, 4.69) is 25.2 Å². The molecule has 41 heavy (non-hydrogen) atoms. The summed E-state index contributed by atoms with van der Waals surface area (Å²) in [5.74, 6) is -1.53. The number of likely N-dealkylation sites (N-methyl/N-ethyl adjacent to an activating group) is 1. The number of aromatic nitrogens is 2. The van der Waals surface area contributed by atoms with Crippen LogP contribution >= 0.6 is 11.3 Å². The Morgan fingerprint density at radius 3 is 2.39 bits per heavy atom. The van der Waals surface area contributed by atoms with Gasteiger partial charge in [-0.25, -0.2) is 4.79 Å². The van der Waals surface area contributed by atoms with Crippen LogP contribution in [0.3, 0.4) is 0 Å². The first-order valence-corrected chi connectivity index (χ1v) is 13.9. The van der Waals surface area contributed by atoms with E-state index in [1.807, 2.05) is 16.8 Å². The zero-order valence-corrected chi connectivity index (χ0v) is 23.6. The van der Waals surface area contributed by atoms with Gasteiger partial charge in [0.25, 0.3) is 0 Å². The largest absolute Gasteiger partial charge is 0.573 e. The fourth-order valence-electron chi connectivity index (χ4n) is 4.39. The Labute approximate surface area is 239 Å². The molecule has 2 saturated heterocycles. The van der Waals surface area contributed by atoms with Crippen LogP contribution in [0.2, 0.25) is 0 Å². The number of hydrogen-bond donors (Lipinski definition) is 1. The molecule has 0 atom stereocenters. The molecular formula is C25H32F3N7O5S. The number of amides is 2. The third-order valence-corrected chi connectivity index (χ3v) is 7.59. The number of rotatable bonds is 9. The van der Waals surface area contributed by atoms with Crippen LogP contribution in [0.15, 0.2) is 18.2 Å². The zero-order valence-electron chi connectivity index (χ0n) is 22.8.